The van der Waals surface area contributed by atoms with Crippen LogP contribution in [0.25, 0.3) is 16.7 Å². The maximum absolute atomic E-state index is 15.3. The molecule has 4 N–H and O–H groups in total. The molecule has 4 rings (SSSR count). The molecule has 1 amide bonds. The lowest BCUT2D eigenvalue weighted by molar-refractivity contribution is 0.0696. The highest BCUT2D eigenvalue weighted by Gasteiger charge is 2.28. The summed E-state index contributed by atoms with van der Waals surface area (Å²) in [6, 6.07) is 7.54. The number of rotatable bonds is 6. The van der Waals surface area contributed by atoms with Crippen LogP contribution in [-0.4, -0.2) is 35.0 Å². The molecular weight excluding hydrogens is 477 g/mol. The van der Waals surface area contributed by atoms with E-state index in [2.05, 4.69) is 4.98 Å². The van der Waals surface area contributed by atoms with E-state index in [0.717, 1.165) is 22.9 Å². The van der Waals surface area contributed by atoms with E-state index in [1.165, 1.54) is 30.5 Å². The Hall–Kier alpha value is -4.39. The first kappa shape index (κ1) is 22.8. The second-order valence-corrected chi connectivity index (χ2v) is 8.62. The van der Waals surface area contributed by atoms with Gasteiger partial charge in [-0.05, 0) is 24.3 Å². The summed E-state index contributed by atoms with van der Waals surface area (Å²) >= 11 is 0. The fourth-order valence-electron chi connectivity index (χ4n) is 3.31. The number of nitrogens with zero attached hydrogens (tertiary/aromatic N) is 2. The second-order valence-electron chi connectivity index (χ2n) is 6.97. The molecule has 2 heterocycles. The molecule has 174 valence electrons. The van der Waals surface area contributed by atoms with Gasteiger partial charge in [-0.3, -0.25) is 14.1 Å². The summed E-state index contributed by atoms with van der Waals surface area (Å²) in [5.41, 5.74) is 2.34. The number of hydrogen-bond donors (Lipinski definition) is 3. The van der Waals surface area contributed by atoms with Crippen molar-refractivity contribution in [2.75, 3.05) is 4.72 Å². The number of carboxylic acid groups (broad SMARTS) is 1. The van der Waals surface area contributed by atoms with Crippen LogP contribution in [0.2, 0.25) is 0 Å². The smallest absolute Gasteiger partial charge is 0.337 e. The normalized spacial score (nSPS) is 11.5. The Bertz CT molecular complexity index is 1600. The molecule has 0 saturated heterocycles. The molecule has 0 spiro atoms. The summed E-state index contributed by atoms with van der Waals surface area (Å²) in [7, 11) is -4.76. The Morgan fingerprint density at radius 1 is 1.06 bits per heavy atom. The van der Waals surface area contributed by atoms with Crippen molar-refractivity contribution < 1.29 is 36.3 Å². The van der Waals surface area contributed by atoms with E-state index in [4.69, 9.17) is 10.8 Å². The zero-order valence-electron chi connectivity index (χ0n) is 16.8. The van der Waals surface area contributed by atoms with Gasteiger partial charge in [-0.1, -0.05) is 12.1 Å². The Morgan fingerprint density at radius 3 is 2.41 bits per heavy atom. The Morgan fingerprint density at radius 2 is 1.76 bits per heavy atom. The van der Waals surface area contributed by atoms with Crippen LogP contribution < -0.4 is 10.5 Å². The van der Waals surface area contributed by atoms with E-state index in [-0.39, 0.29) is 16.6 Å². The molecule has 2 aromatic carbocycles. The lowest BCUT2D eigenvalue weighted by Gasteiger charge is -2.17. The number of aromatic carboxylic acids is 1. The number of carbonyl (C=O) groups is 2. The van der Waals surface area contributed by atoms with Crippen LogP contribution in [0.4, 0.5) is 18.9 Å². The van der Waals surface area contributed by atoms with Crippen molar-refractivity contribution in [1.82, 2.24) is 9.55 Å². The highest BCUT2D eigenvalue weighted by Crippen LogP contribution is 2.33. The Kier molecular flexibility index (Phi) is 5.49. The molecule has 13 heteroatoms. The molecule has 0 saturated carbocycles. The number of halogens is 3. The van der Waals surface area contributed by atoms with Crippen LogP contribution >= 0.6 is 0 Å². The van der Waals surface area contributed by atoms with Crippen LogP contribution in [-0.2, 0) is 10.0 Å². The largest absolute Gasteiger partial charge is 0.478 e. The van der Waals surface area contributed by atoms with Crippen molar-refractivity contribution in [3.8, 4) is 5.69 Å². The summed E-state index contributed by atoms with van der Waals surface area (Å²) < 4.78 is 72.6. The molecule has 0 fully saturated rings. The molecule has 0 aliphatic rings. The van der Waals surface area contributed by atoms with Crippen molar-refractivity contribution in [3.63, 3.8) is 0 Å². The van der Waals surface area contributed by atoms with Gasteiger partial charge in [0.05, 0.1) is 11.3 Å². The number of anilines is 1. The van der Waals surface area contributed by atoms with Crippen molar-refractivity contribution in [2.45, 2.75) is 4.90 Å². The summed E-state index contributed by atoms with van der Waals surface area (Å²) in [6.07, 6.45) is 2.25. The zero-order chi connectivity index (χ0) is 24.8. The number of benzene rings is 2. The first-order valence-corrected chi connectivity index (χ1v) is 10.8. The van der Waals surface area contributed by atoms with Gasteiger partial charge < -0.3 is 10.8 Å². The van der Waals surface area contributed by atoms with E-state index < -0.39 is 61.2 Å². The SMILES string of the molecule is NC(=O)c1c(F)cc(-n2ccc3cc(C(=O)O)cnc32)c(NS(=O)(=O)c2ccccc2F)c1F. The molecule has 4 aromatic rings. The zero-order valence-corrected chi connectivity index (χ0v) is 17.6. The van der Waals surface area contributed by atoms with E-state index in [1.807, 2.05) is 4.72 Å². The number of nitrogens with two attached hydrogens (primary N) is 1. The fraction of sp³-hybridized carbons (Fsp3) is 0. The quantitative estimate of drug-likeness (QED) is 0.379. The summed E-state index contributed by atoms with van der Waals surface area (Å²) in [6.45, 7) is 0. The Balaban J connectivity index is 1.98. The number of amides is 1. The third kappa shape index (κ3) is 3.81. The average Bonchev–Trinajstić information content (AvgIpc) is 3.18. The van der Waals surface area contributed by atoms with Crippen LogP contribution in [0.1, 0.15) is 20.7 Å². The lowest BCUT2D eigenvalue weighted by Crippen LogP contribution is -2.21. The molecule has 34 heavy (non-hydrogen) atoms. The first-order valence-electron chi connectivity index (χ1n) is 9.31. The lowest BCUT2D eigenvalue weighted by atomic mass is 10.1. The average molecular weight is 490 g/mol. The Labute approximate surface area is 189 Å². The van der Waals surface area contributed by atoms with Gasteiger partial charge in [-0.2, -0.15) is 0 Å². The minimum Gasteiger partial charge on any atom is -0.478 e. The monoisotopic (exact) mass is 490 g/mol. The molecule has 2 aromatic heterocycles. The van der Waals surface area contributed by atoms with Crippen LogP contribution in [0.15, 0.2) is 59.8 Å². The molecule has 0 unspecified atom stereocenters. The van der Waals surface area contributed by atoms with Gasteiger partial charge in [0.25, 0.3) is 15.9 Å². The highest BCUT2D eigenvalue weighted by molar-refractivity contribution is 7.92. The number of hydrogen-bond acceptors (Lipinski definition) is 5. The second kappa shape index (κ2) is 8.19. The van der Waals surface area contributed by atoms with Crippen molar-refractivity contribution >= 4 is 38.6 Å². The standard InChI is InChI=1S/C21H13F3N4O5S/c22-12-3-1-2-4-15(12)34(32,33)27-18-14(8-13(23)16(17(18)24)19(25)29)28-6-5-10-7-11(21(30)31)9-26-20(10)28/h1-9,27H,(H2,25,29)(H,30,31). The van der Waals surface area contributed by atoms with E-state index in [9.17, 15) is 26.8 Å². The van der Waals surface area contributed by atoms with Gasteiger partial charge in [0.1, 0.15) is 33.4 Å². The van der Waals surface area contributed by atoms with Crippen molar-refractivity contribution in [2.24, 2.45) is 5.73 Å². The molecule has 0 aliphatic carbocycles. The minimum atomic E-state index is -4.76. The van der Waals surface area contributed by atoms with E-state index in [1.54, 1.807) is 0 Å². The predicted molar refractivity (Wildman–Crippen MR) is 114 cm³/mol. The van der Waals surface area contributed by atoms with Crippen LogP contribution in [0.5, 0.6) is 0 Å². The number of primary amides is 1. The summed E-state index contributed by atoms with van der Waals surface area (Å²) in [5, 5.41) is 9.38. The molecule has 9 nitrogen and oxygen atoms in total. The third-order valence-electron chi connectivity index (χ3n) is 4.84. The maximum atomic E-state index is 15.3. The number of aromatic nitrogens is 2. The van der Waals surface area contributed by atoms with E-state index >= 15 is 4.39 Å². The highest BCUT2D eigenvalue weighted by atomic mass is 32.2. The predicted octanol–water partition coefficient (Wildman–Crippen LogP) is 3.04. The molecule has 0 radical (unpaired) electrons. The van der Waals surface area contributed by atoms with Gasteiger partial charge >= 0.3 is 5.97 Å². The van der Waals surface area contributed by atoms with E-state index in [0.29, 0.717) is 6.07 Å². The number of nitrogens with one attached hydrogen (secondary N) is 1. The summed E-state index contributed by atoms with van der Waals surface area (Å²) in [5.74, 6) is -6.93. The fourth-order valence-corrected chi connectivity index (χ4v) is 4.46. The van der Waals surface area contributed by atoms with Crippen LogP contribution in [0, 0.1) is 17.5 Å². The van der Waals surface area contributed by atoms with Gasteiger partial charge in [0, 0.05) is 23.8 Å². The number of fused-ring (bicyclic) bond motifs is 1. The number of pyridine rings is 1. The molecule has 0 atom stereocenters. The maximum Gasteiger partial charge on any atom is 0.337 e. The van der Waals surface area contributed by atoms with Crippen molar-refractivity contribution in [1.29, 1.82) is 0 Å². The first-order chi connectivity index (χ1) is 16.0. The topological polar surface area (TPSA) is 144 Å². The van der Waals surface area contributed by atoms with Gasteiger partial charge in [0.2, 0.25) is 0 Å². The summed E-state index contributed by atoms with van der Waals surface area (Å²) in [4.78, 5) is 26.0. The molecular formula is C21H13F3N4O5S. The van der Waals surface area contributed by atoms with Crippen LogP contribution in [0.3, 0.4) is 0 Å². The molecule has 0 bridgehead atoms. The van der Waals surface area contributed by atoms with Gasteiger partial charge in [-0.25, -0.2) is 31.4 Å². The number of carbonyl (C=O) groups excluding carboxylic acids is 1. The minimum absolute atomic E-state index is 0.0157. The molecule has 0 aliphatic heterocycles. The third-order valence-corrected chi connectivity index (χ3v) is 6.22. The number of sulfonamides is 1. The number of carboxylic acids is 1. The van der Waals surface area contributed by atoms with Gasteiger partial charge in [-0.15, -0.1) is 0 Å². The van der Waals surface area contributed by atoms with Gasteiger partial charge in [0.15, 0.2) is 5.82 Å². The van der Waals surface area contributed by atoms with Crippen molar-refractivity contribution in [3.05, 3.63) is 83.4 Å².